The van der Waals surface area contributed by atoms with Gasteiger partial charge >= 0.3 is 0 Å². The first kappa shape index (κ1) is 59.6. The normalized spacial score (nSPS) is 13.0. The van der Waals surface area contributed by atoms with Gasteiger partial charge in [-0.15, -0.1) is 0 Å². The Labute approximate surface area is 382 Å². The molecule has 4 nitrogen and oxygen atoms in total. The van der Waals surface area contributed by atoms with Gasteiger partial charge in [0.25, 0.3) is 0 Å². The molecular formula is C57H109NO3. The minimum absolute atomic E-state index is 0.0403. The van der Waals surface area contributed by atoms with E-state index < -0.39 is 12.1 Å². The van der Waals surface area contributed by atoms with Crippen LogP contribution >= 0.6 is 0 Å². The highest BCUT2D eigenvalue weighted by atomic mass is 16.3. The molecule has 0 aromatic heterocycles. The first-order valence-electron chi connectivity index (χ1n) is 27.7. The summed E-state index contributed by atoms with van der Waals surface area (Å²) in [4.78, 5) is 12.5. The third-order valence-electron chi connectivity index (χ3n) is 12.9. The number of aliphatic hydroxyl groups is 2. The molecule has 0 heterocycles. The maximum absolute atomic E-state index is 12.5. The number of allylic oxidation sites excluding steroid dienone is 6. The van der Waals surface area contributed by atoms with E-state index >= 15 is 0 Å². The molecule has 61 heavy (non-hydrogen) atoms. The van der Waals surface area contributed by atoms with Crippen LogP contribution in [0.15, 0.2) is 36.5 Å². The summed E-state index contributed by atoms with van der Waals surface area (Å²) in [5, 5.41) is 23.3. The Morgan fingerprint density at radius 3 is 1.00 bits per heavy atom. The van der Waals surface area contributed by atoms with Gasteiger partial charge in [0.1, 0.15) is 0 Å². The highest BCUT2D eigenvalue weighted by Crippen LogP contribution is 2.17. The summed E-state index contributed by atoms with van der Waals surface area (Å²) in [6.07, 6.45) is 71.3. The molecule has 0 aliphatic rings. The predicted octanol–water partition coefficient (Wildman–Crippen LogP) is 18.1. The number of hydrogen-bond acceptors (Lipinski definition) is 3. The van der Waals surface area contributed by atoms with Gasteiger partial charge in [-0.25, -0.2) is 0 Å². The van der Waals surface area contributed by atoms with Crippen LogP contribution in [0.1, 0.15) is 303 Å². The number of carbonyl (C=O) groups is 1. The Morgan fingerprint density at radius 1 is 0.393 bits per heavy atom. The molecule has 0 saturated carbocycles. The van der Waals surface area contributed by atoms with Crippen molar-refractivity contribution in [2.45, 2.75) is 315 Å². The first-order valence-corrected chi connectivity index (χ1v) is 27.7. The lowest BCUT2D eigenvalue weighted by molar-refractivity contribution is -0.123. The van der Waals surface area contributed by atoms with Crippen molar-refractivity contribution < 1.29 is 15.0 Å². The van der Waals surface area contributed by atoms with Crippen LogP contribution in [0.25, 0.3) is 0 Å². The Morgan fingerprint density at radius 2 is 0.672 bits per heavy atom. The van der Waals surface area contributed by atoms with Crippen LogP contribution in [0.3, 0.4) is 0 Å². The summed E-state index contributed by atoms with van der Waals surface area (Å²) >= 11 is 0. The zero-order valence-corrected chi connectivity index (χ0v) is 41.4. The number of hydrogen-bond donors (Lipinski definition) is 3. The average molecular weight is 857 g/mol. The topological polar surface area (TPSA) is 69.6 Å². The molecule has 0 aromatic rings. The zero-order chi connectivity index (χ0) is 44.2. The molecule has 0 aliphatic carbocycles. The van der Waals surface area contributed by atoms with Gasteiger partial charge in [0.2, 0.25) is 5.91 Å². The van der Waals surface area contributed by atoms with E-state index in [0.717, 1.165) is 51.4 Å². The van der Waals surface area contributed by atoms with E-state index in [1.54, 1.807) is 0 Å². The fraction of sp³-hybridized carbons (Fsp3) is 0.877. The van der Waals surface area contributed by atoms with Crippen molar-refractivity contribution in [2.24, 2.45) is 0 Å². The first-order chi connectivity index (χ1) is 30.2. The van der Waals surface area contributed by atoms with Crippen LogP contribution in [0.2, 0.25) is 0 Å². The molecule has 0 spiro atoms. The summed E-state index contributed by atoms with van der Waals surface area (Å²) < 4.78 is 0. The van der Waals surface area contributed by atoms with Crippen LogP contribution < -0.4 is 5.32 Å². The number of unbranched alkanes of at least 4 members (excludes halogenated alkanes) is 38. The average Bonchev–Trinajstić information content (AvgIpc) is 3.26. The minimum atomic E-state index is -0.667. The van der Waals surface area contributed by atoms with E-state index in [9.17, 15) is 15.0 Å². The number of aliphatic hydroxyl groups excluding tert-OH is 2. The Hall–Kier alpha value is -1.39. The summed E-state index contributed by atoms with van der Waals surface area (Å²) in [6.45, 7) is 4.37. The van der Waals surface area contributed by atoms with Crippen LogP contribution in [0.5, 0.6) is 0 Å². The predicted molar refractivity (Wildman–Crippen MR) is 272 cm³/mol. The summed E-state index contributed by atoms with van der Waals surface area (Å²) in [6, 6.07) is -0.545. The quantitative estimate of drug-likeness (QED) is 0.0422. The maximum Gasteiger partial charge on any atom is 0.220 e. The molecule has 1 amide bonds. The summed E-state index contributed by atoms with van der Waals surface area (Å²) in [7, 11) is 0. The van der Waals surface area contributed by atoms with Gasteiger partial charge in [-0.1, -0.05) is 281 Å². The van der Waals surface area contributed by atoms with Gasteiger partial charge in [-0.05, 0) is 51.4 Å². The van der Waals surface area contributed by atoms with Crippen molar-refractivity contribution >= 4 is 5.91 Å². The molecular weight excluding hydrogens is 747 g/mol. The smallest absolute Gasteiger partial charge is 0.220 e. The Bertz CT molecular complexity index is 928. The van der Waals surface area contributed by atoms with Crippen molar-refractivity contribution in [3.8, 4) is 0 Å². The molecule has 4 heteroatoms. The molecule has 0 aliphatic heterocycles. The fourth-order valence-corrected chi connectivity index (χ4v) is 8.66. The van der Waals surface area contributed by atoms with Gasteiger partial charge in [0.15, 0.2) is 0 Å². The monoisotopic (exact) mass is 856 g/mol. The van der Waals surface area contributed by atoms with Gasteiger partial charge in [0, 0.05) is 6.42 Å². The van der Waals surface area contributed by atoms with Crippen molar-refractivity contribution in [2.75, 3.05) is 6.61 Å². The lowest BCUT2D eigenvalue weighted by Crippen LogP contribution is -2.45. The molecule has 0 rings (SSSR count). The van der Waals surface area contributed by atoms with E-state index in [1.807, 2.05) is 0 Å². The maximum atomic E-state index is 12.5. The van der Waals surface area contributed by atoms with Crippen molar-refractivity contribution in [1.82, 2.24) is 5.32 Å². The lowest BCUT2D eigenvalue weighted by Gasteiger charge is -2.22. The second-order valence-electron chi connectivity index (χ2n) is 19.0. The molecule has 2 unspecified atom stereocenters. The molecule has 0 radical (unpaired) electrons. The number of carbonyl (C=O) groups excluding carboxylic acids is 1. The zero-order valence-electron chi connectivity index (χ0n) is 41.4. The largest absolute Gasteiger partial charge is 0.394 e. The van der Waals surface area contributed by atoms with Crippen LogP contribution in [0, 0.1) is 0 Å². The van der Waals surface area contributed by atoms with Crippen molar-refractivity contribution in [1.29, 1.82) is 0 Å². The molecule has 360 valence electrons. The third kappa shape index (κ3) is 49.5. The van der Waals surface area contributed by atoms with E-state index in [2.05, 4.69) is 55.6 Å². The second-order valence-corrected chi connectivity index (χ2v) is 19.0. The van der Waals surface area contributed by atoms with Gasteiger partial charge in [0.05, 0.1) is 18.8 Å². The summed E-state index contributed by atoms with van der Waals surface area (Å²) in [5.41, 5.74) is 0. The van der Waals surface area contributed by atoms with E-state index in [0.29, 0.717) is 12.8 Å². The summed E-state index contributed by atoms with van der Waals surface area (Å²) in [5.74, 6) is -0.0403. The van der Waals surface area contributed by atoms with Crippen LogP contribution in [-0.2, 0) is 4.79 Å². The lowest BCUT2D eigenvalue weighted by atomic mass is 10.0. The van der Waals surface area contributed by atoms with Crippen LogP contribution in [-0.4, -0.2) is 34.9 Å². The highest BCUT2D eigenvalue weighted by molar-refractivity contribution is 5.76. The minimum Gasteiger partial charge on any atom is -0.394 e. The van der Waals surface area contributed by atoms with Crippen LogP contribution in [0.4, 0.5) is 0 Å². The van der Waals surface area contributed by atoms with Crippen molar-refractivity contribution in [3.63, 3.8) is 0 Å². The molecule has 0 saturated heterocycles. The number of rotatable bonds is 51. The second kappa shape index (κ2) is 53.0. The van der Waals surface area contributed by atoms with Crippen molar-refractivity contribution in [3.05, 3.63) is 36.5 Å². The molecule has 2 atom stereocenters. The SMILES string of the molecule is CCCCCCC/C=C\C/C=C\C/C=C\CCCCCCCCC(=O)NC(CO)C(O)CCCCCCCCCCCCCCCCCCCCCCCCCCCCCC. The van der Waals surface area contributed by atoms with Gasteiger partial charge in [-0.3, -0.25) is 4.79 Å². The number of amides is 1. The van der Waals surface area contributed by atoms with Gasteiger partial charge < -0.3 is 15.5 Å². The Balaban J connectivity index is 3.47. The highest BCUT2D eigenvalue weighted by Gasteiger charge is 2.20. The standard InChI is InChI=1S/C57H109NO3/c1-3-5-7-9-11-13-15-17-19-21-23-25-26-27-28-29-30-31-33-34-36-38-40-42-44-46-48-50-52-56(60)55(54-59)58-57(61)53-51-49-47-45-43-41-39-37-35-32-24-22-20-18-16-14-12-10-8-6-4-2/h16,18,22,24,35,37,55-56,59-60H,3-15,17,19-21,23,25-34,36,38-54H2,1-2H3,(H,58,61)/b18-16-,24-22-,37-35-. The molecule has 0 aromatic carbocycles. The fourth-order valence-electron chi connectivity index (χ4n) is 8.66. The third-order valence-corrected chi connectivity index (χ3v) is 12.9. The van der Waals surface area contributed by atoms with E-state index in [1.165, 1.54) is 225 Å². The number of nitrogens with one attached hydrogen (secondary N) is 1. The molecule has 0 fully saturated rings. The Kier molecular flexibility index (Phi) is 51.7. The molecule has 3 N–H and O–H groups in total. The van der Waals surface area contributed by atoms with E-state index in [-0.39, 0.29) is 12.5 Å². The van der Waals surface area contributed by atoms with E-state index in [4.69, 9.17) is 0 Å². The van der Waals surface area contributed by atoms with Gasteiger partial charge in [-0.2, -0.15) is 0 Å². The molecule has 0 bridgehead atoms.